The third-order valence-electron chi connectivity index (χ3n) is 4.07. The number of nitrogens with one attached hydrogen (secondary N) is 1. The molecule has 0 aliphatic rings. The second-order valence-corrected chi connectivity index (χ2v) is 6.60. The molecule has 0 fully saturated rings. The summed E-state index contributed by atoms with van der Waals surface area (Å²) in [5.41, 5.74) is 1.01. The van der Waals surface area contributed by atoms with Crippen molar-refractivity contribution in [1.29, 1.82) is 0 Å². The first kappa shape index (κ1) is 18.4. The number of aromatic nitrogens is 2. The summed E-state index contributed by atoms with van der Waals surface area (Å²) in [5, 5.41) is 8.42. The Bertz CT molecular complexity index is 1030. The Morgan fingerprint density at radius 1 is 1.19 bits per heavy atom. The number of rotatable bonds is 5. The Labute approximate surface area is 160 Å². The molecule has 7 heteroatoms. The van der Waals surface area contributed by atoms with Crippen LogP contribution in [0.1, 0.15) is 23.0 Å². The van der Waals surface area contributed by atoms with Crippen LogP contribution in [0.25, 0.3) is 10.9 Å². The zero-order valence-corrected chi connectivity index (χ0v) is 15.6. The van der Waals surface area contributed by atoms with Crippen LogP contribution in [0.4, 0.5) is 0 Å². The summed E-state index contributed by atoms with van der Waals surface area (Å²) in [6.07, 6.45) is 0.562. The molecular weight excluding hydrogens is 373 g/mol. The molecule has 0 atom stereocenters. The Hall–Kier alpha value is -2.37. The Morgan fingerprint density at radius 3 is 2.69 bits per heavy atom. The van der Waals surface area contributed by atoms with Gasteiger partial charge in [-0.2, -0.15) is 5.10 Å². The van der Waals surface area contributed by atoms with Crippen molar-refractivity contribution in [2.24, 2.45) is 0 Å². The number of nitrogens with zero attached hydrogens (tertiary/aromatic N) is 2. The highest BCUT2D eigenvalue weighted by atomic mass is 35.5. The van der Waals surface area contributed by atoms with Crippen LogP contribution in [0, 0.1) is 0 Å². The first-order valence-corrected chi connectivity index (χ1v) is 8.99. The van der Waals surface area contributed by atoms with Gasteiger partial charge in [-0.1, -0.05) is 41.4 Å². The molecule has 1 amide bonds. The molecule has 0 radical (unpaired) electrons. The largest absolute Gasteiger partial charge is 0.350 e. The fourth-order valence-corrected chi connectivity index (χ4v) is 3.15. The first-order chi connectivity index (χ1) is 12.5. The fraction of sp³-hybridized carbons (Fsp3) is 0.211. The molecule has 0 unspecified atom stereocenters. The van der Waals surface area contributed by atoms with Crippen molar-refractivity contribution in [3.8, 4) is 0 Å². The molecule has 0 saturated heterocycles. The van der Waals surface area contributed by atoms with Gasteiger partial charge in [0.15, 0.2) is 5.69 Å². The van der Waals surface area contributed by atoms with E-state index in [1.165, 1.54) is 0 Å². The lowest BCUT2D eigenvalue weighted by molar-refractivity contribution is 0.0946. The third kappa shape index (κ3) is 3.74. The van der Waals surface area contributed by atoms with E-state index in [9.17, 15) is 9.59 Å². The van der Waals surface area contributed by atoms with E-state index in [-0.39, 0.29) is 5.69 Å². The van der Waals surface area contributed by atoms with E-state index in [1.807, 2.05) is 25.1 Å². The molecule has 0 bridgehead atoms. The molecule has 0 aliphatic heterocycles. The van der Waals surface area contributed by atoms with Gasteiger partial charge in [0, 0.05) is 23.1 Å². The van der Waals surface area contributed by atoms with Crippen molar-refractivity contribution in [2.45, 2.75) is 19.9 Å². The van der Waals surface area contributed by atoms with Crippen LogP contribution in [0.2, 0.25) is 10.0 Å². The average Bonchev–Trinajstić information content (AvgIpc) is 2.64. The maximum atomic E-state index is 12.7. The van der Waals surface area contributed by atoms with Gasteiger partial charge >= 0.3 is 0 Å². The Morgan fingerprint density at radius 2 is 1.96 bits per heavy atom. The topological polar surface area (TPSA) is 64.0 Å². The lowest BCUT2D eigenvalue weighted by atomic mass is 10.1. The van der Waals surface area contributed by atoms with Crippen molar-refractivity contribution in [2.75, 3.05) is 6.54 Å². The van der Waals surface area contributed by atoms with Crippen molar-refractivity contribution in [3.63, 3.8) is 0 Å². The minimum absolute atomic E-state index is 0.138. The predicted molar refractivity (Wildman–Crippen MR) is 104 cm³/mol. The van der Waals surface area contributed by atoms with E-state index in [4.69, 9.17) is 23.2 Å². The number of amides is 1. The van der Waals surface area contributed by atoms with E-state index in [0.717, 1.165) is 5.56 Å². The smallest absolute Gasteiger partial charge is 0.275 e. The van der Waals surface area contributed by atoms with E-state index in [0.29, 0.717) is 40.5 Å². The Balaban J connectivity index is 1.85. The standard InChI is InChI=1S/C19H17Cl2N3O2/c1-2-24-16-8-7-13(20)11-14(16)18(25)17(23-24)19(26)22-10-9-12-5-3-4-6-15(12)21/h3-8,11H,2,9-10H2,1H3,(H,22,26). The molecule has 134 valence electrons. The summed E-state index contributed by atoms with van der Waals surface area (Å²) < 4.78 is 1.62. The van der Waals surface area contributed by atoms with Crippen LogP contribution >= 0.6 is 23.2 Å². The van der Waals surface area contributed by atoms with Crippen molar-refractivity contribution in [1.82, 2.24) is 15.1 Å². The molecule has 2 aromatic carbocycles. The highest BCUT2D eigenvalue weighted by Crippen LogP contribution is 2.17. The van der Waals surface area contributed by atoms with Gasteiger partial charge in [0.2, 0.25) is 5.43 Å². The number of halogens is 2. The molecule has 3 rings (SSSR count). The summed E-state index contributed by atoms with van der Waals surface area (Å²) in [6.45, 7) is 2.77. The van der Waals surface area contributed by atoms with Gasteiger partial charge in [0.1, 0.15) is 0 Å². The lowest BCUT2D eigenvalue weighted by Crippen LogP contribution is -2.33. The van der Waals surface area contributed by atoms with Crippen LogP contribution in [-0.4, -0.2) is 22.2 Å². The number of carbonyl (C=O) groups is 1. The minimum atomic E-state index is -0.508. The van der Waals surface area contributed by atoms with Crippen molar-refractivity contribution in [3.05, 3.63) is 74.0 Å². The number of fused-ring (bicyclic) bond motifs is 1. The zero-order valence-electron chi connectivity index (χ0n) is 14.1. The fourth-order valence-electron chi connectivity index (χ4n) is 2.75. The average molecular weight is 390 g/mol. The van der Waals surface area contributed by atoms with Crippen LogP contribution in [-0.2, 0) is 13.0 Å². The van der Waals surface area contributed by atoms with Crippen molar-refractivity contribution >= 4 is 40.0 Å². The van der Waals surface area contributed by atoms with Gasteiger partial charge in [-0.3, -0.25) is 14.3 Å². The molecule has 26 heavy (non-hydrogen) atoms. The summed E-state index contributed by atoms with van der Waals surface area (Å²) in [4.78, 5) is 25.1. The lowest BCUT2D eigenvalue weighted by Gasteiger charge is -2.11. The highest BCUT2D eigenvalue weighted by Gasteiger charge is 2.17. The molecule has 1 N–H and O–H groups in total. The Kier molecular flexibility index (Phi) is 5.59. The van der Waals surface area contributed by atoms with Crippen LogP contribution in [0.5, 0.6) is 0 Å². The predicted octanol–water partition coefficient (Wildman–Crippen LogP) is 3.70. The number of carbonyl (C=O) groups excluding carboxylic acids is 1. The number of hydrogen-bond donors (Lipinski definition) is 1. The quantitative estimate of drug-likeness (QED) is 0.723. The maximum absolute atomic E-state index is 12.7. The van der Waals surface area contributed by atoms with Crippen LogP contribution in [0.3, 0.4) is 0 Å². The van der Waals surface area contributed by atoms with Gasteiger partial charge in [0.05, 0.1) is 10.9 Å². The van der Waals surface area contributed by atoms with Crippen molar-refractivity contribution < 1.29 is 4.79 Å². The number of benzene rings is 2. The molecule has 0 spiro atoms. The molecule has 5 nitrogen and oxygen atoms in total. The maximum Gasteiger partial charge on any atom is 0.275 e. The SMILES string of the molecule is CCn1nc(C(=O)NCCc2ccccc2Cl)c(=O)c2cc(Cl)ccc21. The van der Waals surface area contributed by atoms with E-state index in [1.54, 1.807) is 28.9 Å². The number of aryl methyl sites for hydroxylation is 1. The van der Waals surface area contributed by atoms with Gasteiger partial charge in [-0.05, 0) is 43.2 Å². The molecule has 1 aromatic heterocycles. The third-order valence-corrected chi connectivity index (χ3v) is 4.67. The van der Waals surface area contributed by atoms with Gasteiger partial charge < -0.3 is 5.32 Å². The minimum Gasteiger partial charge on any atom is -0.350 e. The highest BCUT2D eigenvalue weighted by molar-refractivity contribution is 6.31. The number of hydrogen-bond acceptors (Lipinski definition) is 3. The monoisotopic (exact) mass is 389 g/mol. The van der Waals surface area contributed by atoms with E-state index >= 15 is 0 Å². The zero-order chi connectivity index (χ0) is 18.7. The molecular formula is C19H17Cl2N3O2. The van der Waals surface area contributed by atoms with Gasteiger partial charge in [0.25, 0.3) is 5.91 Å². The second-order valence-electron chi connectivity index (χ2n) is 5.75. The van der Waals surface area contributed by atoms with Gasteiger partial charge in [-0.15, -0.1) is 0 Å². The van der Waals surface area contributed by atoms with Crippen LogP contribution in [0.15, 0.2) is 47.3 Å². The molecule has 0 aliphatic carbocycles. The summed E-state index contributed by atoms with van der Waals surface area (Å²) in [7, 11) is 0. The second kappa shape index (κ2) is 7.89. The summed E-state index contributed by atoms with van der Waals surface area (Å²) in [5.74, 6) is -0.508. The molecule has 1 heterocycles. The van der Waals surface area contributed by atoms with E-state index in [2.05, 4.69) is 10.4 Å². The first-order valence-electron chi connectivity index (χ1n) is 8.23. The molecule has 3 aromatic rings. The van der Waals surface area contributed by atoms with Crippen LogP contribution < -0.4 is 10.7 Å². The molecule has 0 saturated carbocycles. The normalized spacial score (nSPS) is 10.9. The van der Waals surface area contributed by atoms with E-state index < -0.39 is 11.3 Å². The van der Waals surface area contributed by atoms with Gasteiger partial charge in [-0.25, -0.2) is 0 Å². The summed E-state index contributed by atoms with van der Waals surface area (Å²) >= 11 is 12.1. The summed E-state index contributed by atoms with van der Waals surface area (Å²) in [6, 6.07) is 12.4.